The zero-order valence-corrected chi connectivity index (χ0v) is 18.8. The molecule has 0 aromatic heterocycles. The molecule has 0 bridgehead atoms. The Balaban J connectivity index is 1.47. The van der Waals surface area contributed by atoms with E-state index in [1.54, 1.807) is 13.0 Å². The van der Waals surface area contributed by atoms with E-state index in [1.807, 2.05) is 0 Å². The topological polar surface area (TPSA) is 72.8 Å². The van der Waals surface area contributed by atoms with Crippen LogP contribution in [0.3, 0.4) is 0 Å². The Hall–Kier alpha value is -1.04. The predicted molar refractivity (Wildman–Crippen MR) is 111 cm³/mol. The molecule has 5 nitrogen and oxygen atoms in total. The summed E-state index contributed by atoms with van der Waals surface area (Å²) < 4.78 is 12.1. The van der Waals surface area contributed by atoms with Gasteiger partial charge < -0.3 is 14.6 Å². The van der Waals surface area contributed by atoms with E-state index in [-0.39, 0.29) is 40.5 Å². The summed E-state index contributed by atoms with van der Waals surface area (Å²) >= 11 is 0. The zero-order valence-electron chi connectivity index (χ0n) is 18.8. The molecule has 5 aliphatic rings. The van der Waals surface area contributed by atoms with Crippen molar-refractivity contribution in [2.24, 2.45) is 34.5 Å². The van der Waals surface area contributed by atoms with Crippen LogP contribution in [0.2, 0.25) is 0 Å². The Bertz CT molecular complexity index is 795. The van der Waals surface area contributed by atoms with Crippen LogP contribution >= 0.6 is 0 Å². The van der Waals surface area contributed by atoms with Crippen molar-refractivity contribution in [2.45, 2.75) is 97.2 Å². The van der Waals surface area contributed by atoms with Crippen molar-refractivity contribution in [3.63, 3.8) is 0 Å². The van der Waals surface area contributed by atoms with E-state index in [4.69, 9.17) is 9.47 Å². The molecule has 0 radical (unpaired) electrons. The van der Waals surface area contributed by atoms with E-state index in [0.29, 0.717) is 24.7 Å². The standard InChI is InChI=1S/C25H36O5/c1-5-6-21-29-25(30-21)13-24(4)15(11-20(25)28)7-8-16-18-10-9-17(14(2)26)23(18,3)12-19(27)22(16)24/h11,16-19,21-22,27H,5-10,12-13H2,1-4H3/t16-,17-,18-,19-,21?,22+,23+,24-,25?/m0/s1. The van der Waals surface area contributed by atoms with E-state index < -0.39 is 11.9 Å². The lowest BCUT2D eigenvalue weighted by Gasteiger charge is -2.62. The highest BCUT2D eigenvalue weighted by Gasteiger charge is 2.67. The van der Waals surface area contributed by atoms with Crippen molar-refractivity contribution in [3.8, 4) is 0 Å². The van der Waals surface area contributed by atoms with Crippen LogP contribution in [0.4, 0.5) is 0 Å². The summed E-state index contributed by atoms with van der Waals surface area (Å²) in [5.41, 5.74) is 0.750. The van der Waals surface area contributed by atoms with E-state index >= 15 is 0 Å². The van der Waals surface area contributed by atoms with E-state index in [1.165, 1.54) is 0 Å². The number of ketones is 2. The van der Waals surface area contributed by atoms with Gasteiger partial charge in [0.2, 0.25) is 11.6 Å². The number of fused-ring (bicyclic) bond motifs is 5. The summed E-state index contributed by atoms with van der Waals surface area (Å²) in [6.07, 6.45) is 7.84. The molecule has 1 spiro atoms. The van der Waals surface area contributed by atoms with Gasteiger partial charge >= 0.3 is 0 Å². The monoisotopic (exact) mass is 416 g/mol. The SMILES string of the molecule is CCCC1OC2(C[C@@]3(C)C(=CC2=O)CC[C@@H]2[C@@H]3[C@@H](O)C[C@]3(C)[C@H](C(C)=O)CC[C@@H]23)O1. The molecule has 0 unspecified atom stereocenters. The maximum Gasteiger partial charge on any atom is 0.238 e. The third-order valence-corrected chi connectivity index (χ3v) is 9.61. The van der Waals surface area contributed by atoms with Crippen molar-refractivity contribution in [1.82, 2.24) is 0 Å². The molecule has 3 saturated carbocycles. The van der Waals surface area contributed by atoms with E-state index in [0.717, 1.165) is 44.1 Å². The van der Waals surface area contributed by atoms with Crippen LogP contribution in [-0.4, -0.2) is 34.9 Å². The number of carbonyl (C=O) groups excluding carboxylic acids is 2. The minimum Gasteiger partial charge on any atom is -0.393 e. The van der Waals surface area contributed by atoms with Gasteiger partial charge in [-0.2, -0.15) is 0 Å². The minimum absolute atomic E-state index is 0.0616. The van der Waals surface area contributed by atoms with Gasteiger partial charge in [0.05, 0.1) is 6.10 Å². The van der Waals surface area contributed by atoms with Crippen LogP contribution in [0.15, 0.2) is 11.6 Å². The molecule has 1 saturated heterocycles. The Morgan fingerprint density at radius 2 is 1.97 bits per heavy atom. The Morgan fingerprint density at radius 1 is 1.23 bits per heavy atom. The molecule has 5 heteroatoms. The summed E-state index contributed by atoms with van der Waals surface area (Å²) in [5.74, 6) is 0.0452. The highest BCUT2D eigenvalue weighted by Crippen LogP contribution is 2.67. The van der Waals surface area contributed by atoms with Crippen molar-refractivity contribution in [2.75, 3.05) is 0 Å². The predicted octanol–water partition coefficient (Wildman–Crippen LogP) is 4.17. The van der Waals surface area contributed by atoms with E-state index in [2.05, 4.69) is 20.8 Å². The van der Waals surface area contributed by atoms with Crippen LogP contribution in [-0.2, 0) is 19.1 Å². The van der Waals surface area contributed by atoms with Gasteiger partial charge in [0.1, 0.15) is 5.78 Å². The molecule has 4 aliphatic carbocycles. The number of aliphatic hydroxyl groups is 1. The molecule has 1 N–H and O–H groups in total. The summed E-state index contributed by atoms with van der Waals surface area (Å²) in [5, 5.41) is 11.5. The third-order valence-electron chi connectivity index (χ3n) is 9.61. The Kier molecular flexibility index (Phi) is 4.67. The van der Waals surface area contributed by atoms with Crippen molar-refractivity contribution < 1.29 is 24.2 Å². The third kappa shape index (κ3) is 2.64. The summed E-state index contributed by atoms with van der Waals surface area (Å²) in [4.78, 5) is 25.3. The molecule has 0 aromatic rings. The smallest absolute Gasteiger partial charge is 0.238 e. The lowest BCUT2D eigenvalue weighted by atomic mass is 9.45. The van der Waals surface area contributed by atoms with Gasteiger partial charge in [-0.15, -0.1) is 0 Å². The molecular formula is C25H36O5. The summed E-state index contributed by atoms with van der Waals surface area (Å²) in [6, 6.07) is 0. The first kappa shape index (κ1) is 20.8. The number of aliphatic hydroxyl groups excluding tert-OH is 1. The van der Waals surface area contributed by atoms with Gasteiger partial charge in [-0.25, -0.2) is 0 Å². The first-order valence-electron chi connectivity index (χ1n) is 11.9. The van der Waals surface area contributed by atoms with Crippen LogP contribution in [0.5, 0.6) is 0 Å². The van der Waals surface area contributed by atoms with Gasteiger partial charge in [-0.3, -0.25) is 9.59 Å². The molecule has 5 rings (SSSR count). The quantitative estimate of drug-likeness (QED) is 0.747. The Morgan fingerprint density at radius 3 is 2.63 bits per heavy atom. The molecule has 30 heavy (non-hydrogen) atoms. The first-order valence-corrected chi connectivity index (χ1v) is 11.9. The van der Waals surface area contributed by atoms with Crippen LogP contribution in [0.25, 0.3) is 0 Å². The zero-order chi connectivity index (χ0) is 21.5. The first-order chi connectivity index (χ1) is 14.1. The number of hydrogen-bond donors (Lipinski definition) is 1. The number of hydrogen-bond acceptors (Lipinski definition) is 5. The molecule has 1 aliphatic heterocycles. The average Bonchev–Trinajstić information content (AvgIpc) is 2.98. The molecule has 0 amide bonds. The van der Waals surface area contributed by atoms with Crippen molar-refractivity contribution in [3.05, 3.63) is 11.6 Å². The van der Waals surface area contributed by atoms with Crippen LogP contribution in [0, 0.1) is 34.5 Å². The van der Waals surface area contributed by atoms with Crippen molar-refractivity contribution in [1.29, 1.82) is 0 Å². The number of carbonyl (C=O) groups is 2. The van der Waals surface area contributed by atoms with Gasteiger partial charge in [0.15, 0.2) is 6.29 Å². The normalized spacial score (nSPS) is 52.2. The summed E-state index contributed by atoms with van der Waals surface area (Å²) in [7, 11) is 0. The lowest BCUT2D eigenvalue weighted by molar-refractivity contribution is -0.437. The number of allylic oxidation sites excluding steroid dienone is 1. The number of rotatable bonds is 3. The van der Waals surface area contributed by atoms with Crippen LogP contribution < -0.4 is 0 Å². The molecule has 1 heterocycles. The number of ether oxygens (including phenoxy) is 2. The minimum atomic E-state index is -1.15. The molecular weight excluding hydrogens is 380 g/mol. The summed E-state index contributed by atoms with van der Waals surface area (Å²) in [6.45, 7) is 8.25. The van der Waals surface area contributed by atoms with Gasteiger partial charge in [0, 0.05) is 12.3 Å². The van der Waals surface area contributed by atoms with Crippen molar-refractivity contribution >= 4 is 11.6 Å². The second-order valence-corrected chi connectivity index (χ2v) is 11.2. The largest absolute Gasteiger partial charge is 0.393 e. The highest BCUT2D eigenvalue weighted by molar-refractivity contribution is 5.98. The molecule has 7 atom stereocenters. The molecule has 4 fully saturated rings. The van der Waals surface area contributed by atoms with Gasteiger partial charge in [-0.05, 0) is 80.1 Å². The highest BCUT2D eigenvalue weighted by atomic mass is 16.9. The maximum atomic E-state index is 12.9. The molecule has 166 valence electrons. The Labute approximate surface area is 179 Å². The lowest BCUT2D eigenvalue weighted by Crippen LogP contribution is -2.66. The fourth-order valence-electron chi connectivity index (χ4n) is 8.44. The van der Waals surface area contributed by atoms with E-state index in [9.17, 15) is 14.7 Å². The fraction of sp³-hybridized carbons (Fsp3) is 0.840. The van der Waals surface area contributed by atoms with Crippen LogP contribution in [0.1, 0.15) is 79.1 Å². The van der Waals surface area contributed by atoms with Gasteiger partial charge in [0.25, 0.3) is 0 Å². The average molecular weight is 417 g/mol. The molecule has 0 aromatic carbocycles. The number of Topliss-reactive ketones (excluding diaryl/α,β-unsaturated/α-hetero) is 1. The maximum absolute atomic E-state index is 12.9. The second kappa shape index (κ2) is 6.73. The fourth-order valence-corrected chi connectivity index (χ4v) is 8.44. The van der Waals surface area contributed by atoms with Gasteiger partial charge in [-0.1, -0.05) is 32.8 Å². The second-order valence-electron chi connectivity index (χ2n) is 11.2.